The van der Waals surface area contributed by atoms with Crippen LogP contribution in [-0.2, 0) is 20.6 Å². The number of rotatable bonds is 4. The van der Waals surface area contributed by atoms with Gasteiger partial charge in [-0.2, -0.15) is 0 Å². The van der Waals surface area contributed by atoms with Crippen LogP contribution in [0.25, 0.3) is 22.2 Å². The van der Waals surface area contributed by atoms with Gasteiger partial charge in [0.2, 0.25) is 0 Å². The molecule has 0 atom stereocenters. The van der Waals surface area contributed by atoms with Crippen LogP contribution >= 0.6 is 11.8 Å². The fourth-order valence-electron chi connectivity index (χ4n) is 3.48. The Labute approximate surface area is 174 Å². The zero-order valence-electron chi connectivity index (χ0n) is 16.4. The lowest BCUT2D eigenvalue weighted by Crippen LogP contribution is -2.39. The predicted molar refractivity (Wildman–Crippen MR) is 116 cm³/mol. The van der Waals surface area contributed by atoms with Crippen molar-refractivity contribution < 1.29 is 0 Å². The highest BCUT2D eigenvalue weighted by atomic mass is 32.2. The van der Waals surface area contributed by atoms with Crippen LogP contribution in [0, 0.1) is 0 Å². The van der Waals surface area contributed by atoms with Crippen molar-refractivity contribution in [2.24, 2.45) is 14.1 Å². The summed E-state index contributed by atoms with van der Waals surface area (Å²) < 4.78 is 4.38. The first kappa shape index (κ1) is 18.4. The second-order valence-corrected chi connectivity index (χ2v) is 7.96. The van der Waals surface area contributed by atoms with Crippen molar-refractivity contribution in [3.8, 4) is 0 Å². The van der Waals surface area contributed by atoms with Gasteiger partial charge < -0.3 is 9.55 Å². The van der Waals surface area contributed by atoms with Gasteiger partial charge in [-0.1, -0.05) is 42.5 Å². The van der Waals surface area contributed by atoms with Gasteiger partial charge in [0, 0.05) is 14.1 Å². The van der Waals surface area contributed by atoms with E-state index in [2.05, 4.69) is 15.0 Å². The molecule has 8 nitrogen and oxygen atoms in total. The molecule has 30 heavy (non-hydrogen) atoms. The van der Waals surface area contributed by atoms with E-state index in [1.165, 1.54) is 20.9 Å². The Morgan fingerprint density at radius 3 is 2.43 bits per heavy atom. The number of aryl methyl sites for hydroxylation is 2. The topological polar surface area (TPSA) is 90.5 Å². The van der Waals surface area contributed by atoms with Gasteiger partial charge in [0.05, 0.1) is 17.6 Å². The molecule has 0 fully saturated rings. The molecule has 0 aliphatic heterocycles. The van der Waals surface area contributed by atoms with Crippen molar-refractivity contribution in [1.82, 2.24) is 28.7 Å². The SMILES string of the molecule is Cn1c(Sc2nc3ccccc3[nH]2)nc2c1c(=O)n(Cc1ccccc1)c(=O)n2C. The zero-order valence-corrected chi connectivity index (χ0v) is 17.2. The van der Waals surface area contributed by atoms with Gasteiger partial charge >= 0.3 is 5.69 Å². The number of nitrogens with one attached hydrogen (secondary N) is 1. The molecule has 0 bridgehead atoms. The number of nitrogens with zero attached hydrogens (tertiary/aromatic N) is 5. The maximum absolute atomic E-state index is 13.2. The molecule has 0 radical (unpaired) electrons. The van der Waals surface area contributed by atoms with E-state index in [0.717, 1.165) is 16.6 Å². The molecule has 2 aromatic carbocycles. The third-order valence-electron chi connectivity index (χ3n) is 5.06. The number of benzene rings is 2. The Morgan fingerprint density at radius 1 is 0.933 bits per heavy atom. The van der Waals surface area contributed by atoms with E-state index >= 15 is 0 Å². The van der Waals surface area contributed by atoms with Gasteiger partial charge in [-0.15, -0.1) is 0 Å². The number of hydrogen-bond acceptors (Lipinski definition) is 5. The Morgan fingerprint density at radius 2 is 1.67 bits per heavy atom. The molecular formula is C21H18N6O2S. The van der Waals surface area contributed by atoms with E-state index in [1.54, 1.807) is 18.7 Å². The first-order valence-electron chi connectivity index (χ1n) is 9.35. The molecule has 0 saturated heterocycles. The molecule has 3 heterocycles. The summed E-state index contributed by atoms with van der Waals surface area (Å²) >= 11 is 1.32. The van der Waals surface area contributed by atoms with Crippen LogP contribution in [0.4, 0.5) is 0 Å². The zero-order chi connectivity index (χ0) is 20.8. The first-order chi connectivity index (χ1) is 14.5. The molecule has 150 valence electrons. The van der Waals surface area contributed by atoms with Crippen molar-refractivity contribution in [2.75, 3.05) is 0 Å². The molecular weight excluding hydrogens is 400 g/mol. The number of hydrogen-bond donors (Lipinski definition) is 1. The summed E-state index contributed by atoms with van der Waals surface area (Å²) in [5, 5.41) is 1.25. The van der Waals surface area contributed by atoms with Crippen LogP contribution in [-0.4, -0.2) is 28.7 Å². The van der Waals surface area contributed by atoms with E-state index in [-0.39, 0.29) is 12.1 Å². The van der Waals surface area contributed by atoms with E-state index < -0.39 is 5.69 Å². The number of para-hydroxylation sites is 2. The molecule has 0 saturated carbocycles. The fourth-order valence-corrected chi connectivity index (χ4v) is 4.32. The Bertz CT molecular complexity index is 1480. The molecule has 5 aromatic rings. The molecule has 1 N–H and O–H groups in total. The van der Waals surface area contributed by atoms with Crippen LogP contribution in [0.5, 0.6) is 0 Å². The standard InChI is InChI=1S/C21H18N6O2S/c1-25-16-17(24-20(25)30-19-22-14-10-6-7-11-15(14)23-19)26(2)21(29)27(18(16)28)12-13-8-4-3-5-9-13/h3-11H,12H2,1-2H3,(H,22,23). The summed E-state index contributed by atoms with van der Waals surface area (Å²) in [6, 6.07) is 17.2. The Hall–Kier alpha value is -3.59. The molecule has 0 unspecified atom stereocenters. The summed E-state index contributed by atoms with van der Waals surface area (Å²) in [4.78, 5) is 38.4. The van der Waals surface area contributed by atoms with Crippen molar-refractivity contribution in [3.63, 3.8) is 0 Å². The molecule has 0 aliphatic rings. The van der Waals surface area contributed by atoms with Crippen LogP contribution < -0.4 is 11.2 Å². The number of imidazole rings is 2. The quantitative estimate of drug-likeness (QED) is 0.484. The summed E-state index contributed by atoms with van der Waals surface area (Å²) in [5.41, 5.74) is 2.66. The fraction of sp³-hybridized carbons (Fsp3) is 0.143. The third-order valence-corrected chi connectivity index (χ3v) is 5.99. The molecule has 0 aliphatic carbocycles. The minimum atomic E-state index is -0.394. The number of fused-ring (bicyclic) bond motifs is 2. The normalized spacial score (nSPS) is 11.5. The average molecular weight is 418 g/mol. The highest BCUT2D eigenvalue weighted by Crippen LogP contribution is 2.27. The Kier molecular flexibility index (Phi) is 4.32. The largest absolute Gasteiger partial charge is 0.333 e. The lowest BCUT2D eigenvalue weighted by molar-refractivity contribution is 0.655. The van der Waals surface area contributed by atoms with E-state index in [4.69, 9.17) is 0 Å². The van der Waals surface area contributed by atoms with Crippen molar-refractivity contribution in [2.45, 2.75) is 16.9 Å². The molecule has 5 rings (SSSR count). The van der Waals surface area contributed by atoms with Crippen molar-refractivity contribution >= 4 is 34.0 Å². The number of aromatic nitrogens is 6. The van der Waals surface area contributed by atoms with Crippen LogP contribution in [0.3, 0.4) is 0 Å². The molecule has 9 heteroatoms. The van der Waals surface area contributed by atoms with Crippen molar-refractivity contribution in [3.05, 3.63) is 81.0 Å². The van der Waals surface area contributed by atoms with Gasteiger partial charge in [-0.05, 0) is 29.5 Å². The summed E-state index contributed by atoms with van der Waals surface area (Å²) in [7, 11) is 3.41. The van der Waals surface area contributed by atoms with Crippen molar-refractivity contribution in [1.29, 1.82) is 0 Å². The molecule has 0 spiro atoms. The lowest BCUT2D eigenvalue weighted by Gasteiger charge is -2.08. The molecule has 3 aromatic heterocycles. The minimum Gasteiger partial charge on any atom is -0.333 e. The maximum atomic E-state index is 13.2. The smallest absolute Gasteiger partial charge is 0.332 e. The third kappa shape index (κ3) is 2.94. The predicted octanol–water partition coefficient (Wildman–Crippen LogP) is 2.51. The van der Waals surface area contributed by atoms with Crippen LogP contribution in [0.1, 0.15) is 5.56 Å². The Balaban J connectivity index is 1.62. The highest BCUT2D eigenvalue weighted by molar-refractivity contribution is 7.99. The minimum absolute atomic E-state index is 0.208. The van der Waals surface area contributed by atoms with Gasteiger partial charge in [0.25, 0.3) is 5.56 Å². The van der Waals surface area contributed by atoms with Crippen LogP contribution in [0.2, 0.25) is 0 Å². The summed E-state index contributed by atoms with van der Waals surface area (Å²) in [6.45, 7) is 0.208. The molecule has 0 amide bonds. The summed E-state index contributed by atoms with van der Waals surface area (Å²) in [5.74, 6) is 0. The highest BCUT2D eigenvalue weighted by Gasteiger charge is 2.20. The maximum Gasteiger partial charge on any atom is 0.332 e. The summed E-state index contributed by atoms with van der Waals surface area (Å²) in [6.07, 6.45) is 0. The number of H-pyrrole nitrogens is 1. The van der Waals surface area contributed by atoms with Crippen LogP contribution in [0.15, 0.2) is 74.5 Å². The second-order valence-electron chi connectivity index (χ2n) is 7.01. The van der Waals surface area contributed by atoms with E-state index in [9.17, 15) is 9.59 Å². The lowest BCUT2D eigenvalue weighted by atomic mass is 10.2. The van der Waals surface area contributed by atoms with Gasteiger partial charge in [0.15, 0.2) is 21.5 Å². The first-order valence-corrected chi connectivity index (χ1v) is 10.2. The van der Waals surface area contributed by atoms with Gasteiger partial charge in [-0.25, -0.2) is 14.8 Å². The van der Waals surface area contributed by atoms with Gasteiger partial charge in [-0.3, -0.25) is 13.9 Å². The van der Waals surface area contributed by atoms with E-state index in [1.807, 2.05) is 54.6 Å². The van der Waals surface area contributed by atoms with Gasteiger partial charge in [0.1, 0.15) is 0 Å². The second kappa shape index (κ2) is 7.03. The average Bonchev–Trinajstić information content (AvgIpc) is 3.31. The monoisotopic (exact) mass is 418 g/mol. The number of aromatic amines is 1. The van der Waals surface area contributed by atoms with E-state index in [0.29, 0.717) is 21.5 Å².